The van der Waals surface area contributed by atoms with Crippen LogP contribution < -0.4 is 10.9 Å². The van der Waals surface area contributed by atoms with Crippen LogP contribution in [0.4, 0.5) is 18.9 Å². The number of rotatable bonds is 6. The minimum atomic E-state index is -4.54. The van der Waals surface area contributed by atoms with E-state index in [1.165, 1.54) is 18.5 Å². The molecule has 36 heavy (non-hydrogen) atoms. The van der Waals surface area contributed by atoms with Crippen molar-refractivity contribution in [1.29, 1.82) is 0 Å². The van der Waals surface area contributed by atoms with E-state index in [-0.39, 0.29) is 17.0 Å². The van der Waals surface area contributed by atoms with E-state index in [1.54, 1.807) is 11.8 Å². The molecule has 1 N–H and O–H groups in total. The maximum Gasteiger partial charge on any atom is 0.416 e. The van der Waals surface area contributed by atoms with Gasteiger partial charge in [-0.15, -0.1) is 11.3 Å². The molecular weight excluding hydrogens is 495 g/mol. The number of amides is 2. The molecule has 0 atom stereocenters. The topological polar surface area (TPSA) is 87.5 Å². The van der Waals surface area contributed by atoms with Gasteiger partial charge in [0.15, 0.2) is 0 Å². The van der Waals surface area contributed by atoms with Crippen molar-refractivity contribution in [3.63, 3.8) is 0 Å². The van der Waals surface area contributed by atoms with E-state index in [0.717, 1.165) is 54.1 Å². The van der Waals surface area contributed by atoms with Gasteiger partial charge in [-0.1, -0.05) is 13.0 Å². The van der Waals surface area contributed by atoms with E-state index in [1.807, 2.05) is 0 Å². The first-order valence-corrected chi connectivity index (χ1v) is 12.4. The number of carbonyl (C=O) groups excluding carboxylic acids is 2. The third kappa shape index (κ3) is 5.44. The molecule has 8 nitrogen and oxygen atoms in total. The largest absolute Gasteiger partial charge is 0.416 e. The molecule has 0 unspecified atom stereocenters. The zero-order valence-electron chi connectivity index (χ0n) is 19.9. The molecular formula is C24H26F3N5O3S. The summed E-state index contributed by atoms with van der Waals surface area (Å²) in [6.45, 7) is 7.19. The molecule has 12 heteroatoms. The van der Waals surface area contributed by atoms with Crippen molar-refractivity contribution in [3.8, 4) is 0 Å². The van der Waals surface area contributed by atoms with Crippen molar-refractivity contribution >= 4 is 39.1 Å². The molecule has 1 aromatic carbocycles. The molecule has 1 saturated heterocycles. The Morgan fingerprint density at radius 1 is 1.17 bits per heavy atom. The first kappa shape index (κ1) is 25.8. The second-order valence-electron chi connectivity index (χ2n) is 8.67. The van der Waals surface area contributed by atoms with Crippen LogP contribution in [-0.2, 0) is 17.5 Å². The minimum absolute atomic E-state index is 0.0319. The SMILES string of the molecule is CCCN1CCN(C(=O)c2sc3ncn(CC(=O)Nc4cccc(C(F)(F)F)c4)c(=O)c3c2C)CC1. The lowest BCUT2D eigenvalue weighted by atomic mass is 10.2. The van der Waals surface area contributed by atoms with E-state index in [2.05, 4.69) is 22.1 Å². The lowest BCUT2D eigenvalue weighted by Gasteiger charge is -2.34. The van der Waals surface area contributed by atoms with Gasteiger partial charge in [0.1, 0.15) is 11.4 Å². The molecule has 3 aromatic rings. The molecule has 1 aliphatic rings. The Bertz CT molecular complexity index is 1340. The molecule has 0 bridgehead atoms. The van der Waals surface area contributed by atoms with Crippen molar-refractivity contribution in [1.82, 2.24) is 19.4 Å². The van der Waals surface area contributed by atoms with Crippen molar-refractivity contribution < 1.29 is 22.8 Å². The van der Waals surface area contributed by atoms with Crippen LogP contribution >= 0.6 is 11.3 Å². The van der Waals surface area contributed by atoms with Crippen LogP contribution in [0.2, 0.25) is 0 Å². The second kappa shape index (κ2) is 10.4. The summed E-state index contributed by atoms with van der Waals surface area (Å²) in [5.74, 6) is -0.813. The lowest BCUT2D eigenvalue weighted by molar-refractivity contribution is -0.137. The predicted octanol–water partition coefficient (Wildman–Crippen LogP) is 3.59. The average Bonchev–Trinajstić information content (AvgIpc) is 3.17. The van der Waals surface area contributed by atoms with Crippen molar-refractivity contribution in [3.05, 3.63) is 57.0 Å². The molecule has 2 amide bonds. The molecule has 2 aromatic heterocycles. The Morgan fingerprint density at radius 3 is 2.56 bits per heavy atom. The maximum atomic E-state index is 13.2. The quantitative estimate of drug-likeness (QED) is 0.536. The Kier molecular flexibility index (Phi) is 7.46. The van der Waals surface area contributed by atoms with Crippen LogP contribution in [0, 0.1) is 6.92 Å². The Morgan fingerprint density at radius 2 is 1.89 bits per heavy atom. The number of nitrogens with zero attached hydrogens (tertiary/aromatic N) is 4. The zero-order chi connectivity index (χ0) is 26.0. The molecule has 0 saturated carbocycles. The highest BCUT2D eigenvalue weighted by Gasteiger charge is 2.30. The number of nitrogens with one attached hydrogen (secondary N) is 1. The van der Waals surface area contributed by atoms with Crippen molar-refractivity contribution in [2.45, 2.75) is 33.0 Å². The number of piperazine rings is 1. The monoisotopic (exact) mass is 521 g/mol. The summed E-state index contributed by atoms with van der Waals surface area (Å²) in [4.78, 5) is 48.0. The Hall–Kier alpha value is -3.25. The van der Waals surface area contributed by atoms with Gasteiger partial charge in [-0.05, 0) is 43.7 Å². The number of hydrogen-bond donors (Lipinski definition) is 1. The fourth-order valence-electron chi connectivity index (χ4n) is 4.24. The molecule has 1 aliphatic heterocycles. The number of carbonyl (C=O) groups is 2. The molecule has 0 aliphatic carbocycles. The van der Waals surface area contributed by atoms with Crippen LogP contribution in [-0.4, -0.2) is 63.9 Å². The smallest absolute Gasteiger partial charge is 0.335 e. The molecule has 1 fully saturated rings. The van der Waals surface area contributed by atoms with Crippen molar-refractivity contribution in [2.24, 2.45) is 0 Å². The molecule has 0 spiro atoms. The standard InChI is InChI=1S/C24H26F3N5O3S/c1-3-7-30-8-10-31(11-9-30)23(35)20-15(2)19-21(36-20)28-14-32(22(19)34)13-18(33)29-17-6-4-5-16(12-17)24(25,26)27/h4-6,12,14H,3,7-11,13H2,1-2H3,(H,29,33). The van der Waals surface area contributed by atoms with Crippen molar-refractivity contribution in [2.75, 3.05) is 38.0 Å². The summed E-state index contributed by atoms with van der Waals surface area (Å²) in [6.07, 6.45) is -2.27. The van der Waals surface area contributed by atoms with Crippen LogP contribution in [0.3, 0.4) is 0 Å². The minimum Gasteiger partial charge on any atom is -0.335 e. The van der Waals surface area contributed by atoms with Gasteiger partial charge in [-0.25, -0.2) is 4.98 Å². The number of hydrogen-bond acceptors (Lipinski definition) is 6. The number of fused-ring (bicyclic) bond motifs is 1. The fourth-order valence-corrected chi connectivity index (χ4v) is 5.35. The highest BCUT2D eigenvalue weighted by Crippen LogP contribution is 2.31. The van der Waals surface area contributed by atoms with Crippen LogP contribution in [0.1, 0.15) is 34.1 Å². The zero-order valence-corrected chi connectivity index (χ0v) is 20.7. The number of aryl methyl sites for hydroxylation is 1. The van der Waals surface area contributed by atoms with Gasteiger partial charge in [0.25, 0.3) is 11.5 Å². The summed E-state index contributed by atoms with van der Waals surface area (Å²) in [6, 6.07) is 4.25. The number of thiophene rings is 1. The van der Waals surface area contributed by atoms with E-state index in [4.69, 9.17) is 0 Å². The summed E-state index contributed by atoms with van der Waals surface area (Å²) < 4.78 is 39.9. The van der Waals surface area contributed by atoms with Gasteiger partial charge in [-0.2, -0.15) is 13.2 Å². The normalized spacial score (nSPS) is 14.9. The second-order valence-corrected chi connectivity index (χ2v) is 9.67. The maximum absolute atomic E-state index is 13.2. The third-order valence-electron chi connectivity index (χ3n) is 6.10. The van der Waals surface area contributed by atoms with Gasteiger partial charge >= 0.3 is 6.18 Å². The van der Waals surface area contributed by atoms with Gasteiger partial charge in [0.05, 0.1) is 22.2 Å². The number of aromatic nitrogens is 2. The number of anilines is 1. The highest BCUT2D eigenvalue weighted by molar-refractivity contribution is 7.20. The average molecular weight is 522 g/mol. The summed E-state index contributed by atoms with van der Waals surface area (Å²) in [5, 5.41) is 2.65. The van der Waals surface area contributed by atoms with Crippen LogP contribution in [0.5, 0.6) is 0 Å². The highest BCUT2D eigenvalue weighted by atomic mass is 32.1. The Balaban J connectivity index is 1.51. The lowest BCUT2D eigenvalue weighted by Crippen LogP contribution is -2.48. The van der Waals surface area contributed by atoms with Gasteiger partial charge in [0.2, 0.25) is 5.91 Å². The van der Waals surface area contributed by atoms with Crippen LogP contribution in [0.15, 0.2) is 35.4 Å². The first-order chi connectivity index (χ1) is 17.1. The van der Waals surface area contributed by atoms with Gasteiger partial charge < -0.3 is 10.2 Å². The van der Waals surface area contributed by atoms with Gasteiger partial charge in [0, 0.05) is 31.9 Å². The first-order valence-electron chi connectivity index (χ1n) is 11.6. The number of halogens is 3. The van der Waals surface area contributed by atoms with E-state index < -0.39 is 29.8 Å². The number of alkyl halides is 3. The summed E-state index contributed by atoms with van der Waals surface area (Å²) >= 11 is 1.15. The van der Waals surface area contributed by atoms with E-state index in [0.29, 0.717) is 28.4 Å². The molecule has 192 valence electrons. The Labute approximate surface area is 209 Å². The predicted molar refractivity (Wildman–Crippen MR) is 131 cm³/mol. The van der Waals surface area contributed by atoms with Gasteiger partial charge in [-0.3, -0.25) is 23.9 Å². The summed E-state index contributed by atoms with van der Waals surface area (Å²) in [5.41, 5.74) is -0.894. The molecule has 3 heterocycles. The van der Waals surface area contributed by atoms with Crippen LogP contribution in [0.25, 0.3) is 10.2 Å². The molecule has 0 radical (unpaired) electrons. The third-order valence-corrected chi connectivity index (χ3v) is 7.29. The van der Waals surface area contributed by atoms with E-state index >= 15 is 0 Å². The van der Waals surface area contributed by atoms with E-state index in [9.17, 15) is 27.6 Å². The number of benzene rings is 1. The fraction of sp³-hybridized carbons (Fsp3) is 0.417. The molecule has 4 rings (SSSR count). The summed E-state index contributed by atoms with van der Waals surface area (Å²) in [7, 11) is 0.